The number of hydrogen-bond donors (Lipinski definition) is 0. The molecule has 0 bridgehead atoms. The average molecular weight is 624 g/mol. The Bertz CT molecular complexity index is 3.25. The van der Waals surface area contributed by atoms with Gasteiger partial charge in [0.25, 0.3) is 0 Å². The molecule has 0 aromatic heterocycles. The molecule has 0 nitrogen and oxygen atoms in total. The summed E-state index contributed by atoms with van der Waals surface area (Å²) in [4.78, 5) is 0. The molecule has 0 aliphatic carbocycles. The summed E-state index contributed by atoms with van der Waals surface area (Å²) < 4.78 is 0. The maximum atomic E-state index is 0. The SMILES string of the molecule is [Am+3].[I-].[I-].[I-]. The molecule has 0 spiro atoms. The second kappa shape index (κ2) is 17.6. The predicted molar refractivity (Wildman–Crippen MR) is 0 cm³/mol. The monoisotopic (exact) mass is 622 g/mol. The first-order chi connectivity index (χ1) is 0. The Morgan fingerprint density at radius 3 is 0.500 bits per heavy atom. The number of hydrogen-bond acceptors (Lipinski definition) is 0. The van der Waals surface area contributed by atoms with Gasteiger partial charge >= 0.3 is 14.3 Å². The minimum atomic E-state index is 0. The summed E-state index contributed by atoms with van der Waals surface area (Å²) in [6, 6.07) is 0. The predicted octanol–water partition coefficient (Wildman–Crippen LogP) is -8.99. The Labute approximate surface area is 84.7 Å². The van der Waals surface area contributed by atoms with Gasteiger partial charge in [-0.05, 0) is 0 Å². The van der Waals surface area contributed by atoms with Crippen molar-refractivity contribution in [1.29, 1.82) is 0 Å². The summed E-state index contributed by atoms with van der Waals surface area (Å²) in [5.74, 6) is 0. The first-order valence-electron chi connectivity index (χ1n) is 0. The van der Waals surface area contributed by atoms with Gasteiger partial charge in [-0.1, -0.05) is 0 Å². The molecule has 0 rings (SSSR count). The quantitative estimate of drug-likeness (QED) is 0.236. The third-order valence-corrected chi connectivity index (χ3v) is 0. The largest absolute Gasteiger partial charge is 3.00 e. The second-order valence-corrected chi connectivity index (χ2v) is 0. The van der Waals surface area contributed by atoms with E-state index in [0.717, 1.165) is 0 Å². The number of rotatable bonds is 0. The van der Waals surface area contributed by atoms with Crippen LogP contribution in [0.3, 0.4) is 0 Å². The minimum Gasteiger partial charge on any atom is -1.00 e. The van der Waals surface area contributed by atoms with Crippen LogP contribution in [0.25, 0.3) is 0 Å². The third-order valence-electron chi connectivity index (χ3n) is 0. The molecule has 0 fully saturated rings. The molecule has 0 aliphatic rings. The number of halogens is 3. The van der Waals surface area contributed by atoms with Gasteiger partial charge in [0, 0.05) is 0 Å². The summed E-state index contributed by atoms with van der Waals surface area (Å²) in [6.07, 6.45) is 0. The fraction of sp³-hybridized carbons (Fsp3) is 0. The molecule has 0 saturated carbocycles. The third kappa shape index (κ3) is 8.82. The van der Waals surface area contributed by atoms with Crippen molar-refractivity contribution in [3.05, 3.63) is 0 Å². The van der Waals surface area contributed by atoms with Crippen molar-refractivity contribution in [3.8, 4) is 0 Å². The Hall–Kier alpha value is 2.58. The molecule has 0 unspecified atom stereocenters. The second-order valence-electron chi connectivity index (χ2n) is 0. The molecule has 0 N–H and O–H groups in total. The van der Waals surface area contributed by atoms with Crippen LogP contribution in [0.5, 0.6) is 0 Å². The topological polar surface area (TPSA) is 0 Å². The first-order valence-corrected chi connectivity index (χ1v) is 0. The van der Waals surface area contributed by atoms with Crippen LogP contribution in [0.15, 0.2) is 0 Å². The van der Waals surface area contributed by atoms with E-state index >= 15 is 0 Å². The molecular weight excluding hydrogens is 624 g/mol. The molecule has 0 aromatic carbocycles. The van der Waals surface area contributed by atoms with Crippen LogP contribution in [-0.2, 0) is 0 Å². The Kier molecular flexibility index (Phi) is 135. The normalized spacial score (nSPS) is 0. The van der Waals surface area contributed by atoms with Gasteiger partial charge in [-0.25, -0.2) is 0 Å². The molecule has 0 aromatic rings. The summed E-state index contributed by atoms with van der Waals surface area (Å²) in [5.41, 5.74) is 0. The molecule has 0 aliphatic heterocycles. The van der Waals surface area contributed by atoms with E-state index in [9.17, 15) is 0 Å². The molecule has 4 heteroatoms. The van der Waals surface area contributed by atoms with Gasteiger partial charge in [-0.15, -0.1) is 0 Å². The smallest absolute Gasteiger partial charge is 1.00 e. The Morgan fingerprint density at radius 1 is 0.500 bits per heavy atom. The van der Waals surface area contributed by atoms with Crippen LogP contribution in [-0.4, -0.2) is 0 Å². The first kappa shape index (κ1) is 30.8. The van der Waals surface area contributed by atoms with Gasteiger partial charge in [-0.2, -0.15) is 0 Å². The fourth-order valence-electron chi connectivity index (χ4n) is 0. The molecule has 0 atom stereocenters. The Balaban J connectivity index is 0. The van der Waals surface area contributed by atoms with Crippen molar-refractivity contribution in [3.63, 3.8) is 0 Å². The van der Waals surface area contributed by atoms with Crippen molar-refractivity contribution in [1.82, 2.24) is 0 Å². The van der Waals surface area contributed by atoms with Crippen molar-refractivity contribution < 1.29 is 86.2 Å². The fourth-order valence-corrected chi connectivity index (χ4v) is 0. The van der Waals surface area contributed by atoms with E-state index in [0.29, 0.717) is 0 Å². The van der Waals surface area contributed by atoms with Crippen molar-refractivity contribution in [2.75, 3.05) is 0 Å². The molecular formula is AmI3. The molecule has 0 saturated heterocycles. The van der Waals surface area contributed by atoms with Gasteiger partial charge < -0.3 is 71.9 Å². The van der Waals surface area contributed by atoms with Gasteiger partial charge in [0.15, 0.2) is 0 Å². The zero-order valence-corrected chi connectivity index (χ0v) is 11.1. The van der Waals surface area contributed by atoms with E-state index < -0.39 is 0 Å². The van der Waals surface area contributed by atoms with E-state index in [2.05, 4.69) is 0 Å². The summed E-state index contributed by atoms with van der Waals surface area (Å²) in [7, 11) is 0. The van der Waals surface area contributed by atoms with E-state index in [-0.39, 0.29) is 86.2 Å². The van der Waals surface area contributed by atoms with Crippen LogP contribution in [0, 0.1) is 14.3 Å². The molecule has 4 heavy (non-hydrogen) atoms. The van der Waals surface area contributed by atoms with E-state index in [4.69, 9.17) is 0 Å². The van der Waals surface area contributed by atoms with Crippen LogP contribution in [0.1, 0.15) is 0 Å². The van der Waals surface area contributed by atoms with E-state index in [1.54, 1.807) is 0 Å². The van der Waals surface area contributed by atoms with Crippen LogP contribution in [0.4, 0.5) is 0 Å². The van der Waals surface area contributed by atoms with Gasteiger partial charge in [0.1, 0.15) is 0 Å². The van der Waals surface area contributed by atoms with Gasteiger partial charge in [0.05, 0.1) is 0 Å². The maximum Gasteiger partial charge on any atom is 3.00 e. The molecule has 0 radical (unpaired) electrons. The Morgan fingerprint density at radius 2 is 0.500 bits per heavy atom. The zero-order valence-electron chi connectivity index (χ0n) is 1.51. The zero-order chi connectivity index (χ0) is 0. The summed E-state index contributed by atoms with van der Waals surface area (Å²) >= 11 is 0. The standard InChI is InChI=1S/Am.3HI/h;3*1H/q+3;;;/p-3. The van der Waals surface area contributed by atoms with Crippen molar-refractivity contribution in [2.24, 2.45) is 0 Å². The molecule has 28 valence electrons. The van der Waals surface area contributed by atoms with E-state index in [1.807, 2.05) is 0 Å². The van der Waals surface area contributed by atoms with Crippen LogP contribution < -0.4 is 71.9 Å². The summed E-state index contributed by atoms with van der Waals surface area (Å²) in [6.45, 7) is 0. The van der Waals surface area contributed by atoms with Crippen molar-refractivity contribution in [2.45, 2.75) is 0 Å². The van der Waals surface area contributed by atoms with Gasteiger partial charge in [0.2, 0.25) is 0 Å². The minimum absolute atomic E-state index is 0. The maximum absolute atomic E-state index is 0. The van der Waals surface area contributed by atoms with Crippen molar-refractivity contribution >= 4 is 0 Å². The molecule has 0 heterocycles. The van der Waals surface area contributed by atoms with Crippen LogP contribution >= 0.6 is 0 Å². The summed E-state index contributed by atoms with van der Waals surface area (Å²) in [5, 5.41) is 0. The average Bonchev–Trinajstić information content (AvgIpc) is 0. The van der Waals surface area contributed by atoms with Gasteiger partial charge in [-0.3, -0.25) is 0 Å². The van der Waals surface area contributed by atoms with Crippen LogP contribution in [0.2, 0.25) is 0 Å². The molecule has 0 amide bonds. The van der Waals surface area contributed by atoms with E-state index in [1.165, 1.54) is 0 Å².